The molecule has 0 aliphatic carbocycles. The largest absolute Gasteiger partial charge is 0.384 e. The lowest BCUT2D eigenvalue weighted by Gasteiger charge is -2.31. The van der Waals surface area contributed by atoms with E-state index in [0.29, 0.717) is 17.8 Å². The van der Waals surface area contributed by atoms with Crippen molar-refractivity contribution in [2.24, 2.45) is 5.92 Å². The number of aromatic nitrogens is 3. The third-order valence-electron chi connectivity index (χ3n) is 3.43. The Balaban J connectivity index is 2.00. The normalized spacial score (nSPS) is 16.4. The summed E-state index contributed by atoms with van der Waals surface area (Å²) >= 11 is 5.98. The molecule has 0 atom stereocenters. The fourth-order valence-corrected chi connectivity index (χ4v) is 2.49. The molecule has 1 fully saturated rings. The van der Waals surface area contributed by atoms with Crippen molar-refractivity contribution in [3.05, 3.63) is 5.28 Å². The Kier molecular flexibility index (Phi) is 5.79. The van der Waals surface area contributed by atoms with Crippen molar-refractivity contribution in [1.82, 2.24) is 15.0 Å². The first-order valence-electron chi connectivity index (χ1n) is 7.12. The zero-order valence-electron chi connectivity index (χ0n) is 12.1. The lowest BCUT2D eigenvalue weighted by Crippen LogP contribution is -2.36. The molecule has 2 rings (SSSR count). The number of rotatable bonds is 6. The number of halogens is 1. The average molecular weight is 300 g/mol. The maximum Gasteiger partial charge on any atom is 0.231 e. The highest BCUT2D eigenvalue weighted by atomic mass is 35.5. The third kappa shape index (κ3) is 4.18. The summed E-state index contributed by atoms with van der Waals surface area (Å²) in [6.45, 7) is 5.62. The van der Waals surface area contributed by atoms with Gasteiger partial charge in [0.25, 0.3) is 0 Å². The summed E-state index contributed by atoms with van der Waals surface area (Å²) in [6, 6.07) is 0. The molecule has 7 heteroatoms. The molecular formula is C13H22ClN5O. The number of nitrogens with one attached hydrogen (secondary N) is 1. The summed E-state index contributed by atoms with van der Waals surface area (Å²) in [4.78, 5) is 14.9. The Bertz CT molecular complexity index is 423. The molecule has 1 N–H and O–H groups in total. The Morgan fingerprint density at radius 1 is 1.30 bits per heavy atom. The summed E-state index contributed by atoms with van der Waals surface area (Å²) in [6.07, 6.45) is 3.20. The van der Waals surface area contributed by atoms with Crippen LogP contribution in [0.1, 0.15) is 26.2 Å². The van der Waals surface area contributed by atoms with E-state index in [9.17, 15) is 0 Å². The molecule has 0 saturated carbocycles. The molecule has 1 aromatic heterocycles. The maximum absolute atomic E-state index is 5.98. The second-order valence-corrected chi connectivity index (χ2v) is 5.38. The molecule has 0 bridgehead atoms. The minimum atomic E-state index is 0.243. The van der Waals surface area contributed by atoms with Crippen LogP contribution in [-0.4, -0.2) is 48.3 Å². The molecule has 1 aliphatic rings. The molecule has 1 saturated heterocycles. The molecule has 6 nitrogen and oxygen atoms in total. The summed E-state index contributed by atoms with van der Waals surface area (Å²) < 4.78 is 5.21. The van der Waals surface area contributed by atoms with Crippen molar-refractivity contribution in [2.45, 2.75) is 26.2 Å². The van der Waals surface area contributed by atoms with Crippen molar-refractivity contribution in [3.63, 3.8) is 0 Å². The zero-order chi connectivity index (χ0) is 14.4. The van der Waals surface area contributed by atoms with Gasteiger partial charge in [-0.25, -0.2) is 0 Å². The van der Waals surface area contributed by atoms with Crippen LogP contribution in [0.25, 0.3) is 0 Å². The van der Waals surface area contributed by atoms with Gasteiger partial charge in [-0.2, -0.15) is 15.0 Å². The number of piperidine rings is 1. The first-order chi connectivity index (χ1) is 9.72. The van der Waals surface area contributed by atoms with E-state index >= 15 is 0 Å². The van der Waals surface area contributed by atoms with E-state index in [1.165, 1.54) is 0 Å². The van der Waals surface area contributed by atoms with Gasteiger partial charge in [0.2, 0.25) is 17.2 Å². The maximum atomic E-state index is 5.98. The Morgan fingerprint density at radius 2 is 2.05 bits per heavy atom. The summed E-state index contributed by atoms with van der Waals surface area (Å²) in [5.74, 6) is 1.85. The molecule has 0 unspecified atom stereocenters. The van der Waals surface area contributed by atoms with Crippen molar-refractivity contribution < 1.29 is 4.74 Å². The van der Waals surface area contributed by atoms with E-state index in [-0.39, 0.29) is 5.28 Å². The predicted octanol–water partition coefficient (Wildman–Crippen LogP) is 2.21. The van der Waals surface area contributed by atoms with Crippen LogP contribution in [0.4, 0.5) is 11.9 Å². The van der Waals surface area contributed by atoms with Crippen LogP contribution in [0.3, 0.4) is 0 Å². The van der Waals surface area contributed by atoms with Crippen LogP contribution < -0.4 is 10.2 Å². The van der Waals surface area contributed by atoms with Crippen molar-refractivity contribution in [1.29, 1.82) is 0 Å². The van der Waals surface area contributed by atoms with E-state index in [1.54, 1.807) is 7.11 Å². The van der Waals surface area contributed by atoms with Crippen LogP contribution in [0.15, 0.2) is 0 Å². The molecular weight excluding hydrogens is 278 g/mol. The molecule has 0 spiro atoms. The van der Waals surface area contributed by atoms with Crippen LogP contribution in [0.5, 0.6) is 0 Å². The van der Waals surface area contributed by atoms with Gasteiger partial charge in [-0.15, -0.1) is 0 Å². The first-order valence-corrected chi connectivity index (χ1v) is 7.50. The van der Waals surface area contributed by atoms with E-state index in [1.807, 2.05) is 0 Å². The SMILES string of the molecule is CCCNc1nc(Cl)nc(N2CCC(COC)CC2)n1. The summed E-state index contributed by atoms with van der Waals surface area (Å²) in [5.41, 5.74) is 0. The van der Waals surface area contributed by atoms with E-state index in [2.05, 4.69) is 32.1 Å². The third-order valence-corrected chi connectivity index (χ3v) is 3.60. The van der Waals surface area contributed by atoms with E-state index in [4.69, 9.17) is 16.3 Å². The quantitative estimate of drug-likeness (QED) is 0.869. The second kappa shape index (κ2) is 7.59. The molecule has 1 aromatic rings. The summed E-state index contributed by atoms with van der Waals surface area (Å²) in [5, 5.41) is 3.39. The van der Waals surface area contributed by atoms with Gasteiger partial charge in [-0.3, -0.25) is 0 Å². The smallest absolute Gasteiger partial charge is 0.231 e. The topological polar surface area (TPSA) is 63.2 Å². The van der Waals surface area contributed by atoms with Crippen LogP contribution in [0, 0.1) is 5.92 Å². The van der Waals surface area contributed by atoms with Crippen molar-refractivity contribution in [2.75, 3.05) is 43.6 Å². The lowest BCUT2D eigenvalue weighted by molar-refractivity contribution is 0.139. The molecule has 2 heterocycles. The van der Waals surface area contributed by atoms with Crippen LogP contribution in [-0.2, 0) is 4.74 Å². The van der Waals surface area contributed by atoms with Crippen molar-refractivity contribution >= 4 is 23.5 Å². The van der Waals surface area contributed by atoms with Crippen LogP contribution in [0.2, 0.25) is 5.28 Å². The lowest BCUT2D eigenvalue weighted by atomic mass is 9.98. The fourth-order valence-electron chi connectivity index (χ4n) is 2.33. The molecule has 1 aliphatic heterocycles. The number of methoxy groups -OCH3 is 1. The highest BCUT2D eigenvalue weighted by Crippen LogP contribution is 2.22. The number of hydrogen-bond donors (Lipinski definition) is 1. The monoisotopic (exact) mass is 299 g/mol. The number of anilines is 2. The molecule has 112 valence electrons. The minimum Gasteiger partial charge on any atom is -0.384 e. The van der Waals surface area contributed by atoms with Gasteiger partial charge in [0.15, 0.2) is 0 Å². The van der Waals surface area contributed by atoms with E-state index in [0.717, 1.165) is 45.5 Å². The van der Waals surface area contributed by atoms with Gasteiger partial charge >= 0.3 is 0 Å². The molecule has 0 amide bonds. The van der Waals surface area contributed by atoms with Gasteiger partial charge in [0.05, 0.1) is 0 Å². The number of nitrogens with zero attached hydrogens (tertiary/aromatic N) is 4. The second-order valence-electron chi connectivity index (χ2n) is 5.04. The molecule has 20 heavy (non-hydrogen) atoms. The van der Waals surface area contributed by atoms with Gasteiger partial charge in [0.1, 0.15) is 0 Å². The zero-order valence-corrected chi connectivity index (χ0v) is 12.9. The molecule has 0 radical (unpaired) electrons. The van der Waals surface area contributed by atoms with Gasteiger partial charge in [0, 0.05) is 33.4 Å². The minimum absolute atomic E-state index is 0.243. The highest BCUT2D eigenvalue weighted by Gasteiger charge is 2.21. The Hall–Kier alpha value is -1.14. The molecule has 0 aromatic carbocycles. The summed E-state index contributed by atoms with van der Waals surface area (Å²) in [7, 11) is 1.75. The van der Waals surface area contributed by atoms with Crippen LogP contribution >= 0.6 is 11.6 Å². The Morgan fingerprint density at radius 3 is 2.70 bits per heavy atom. The van der Waals surface area contributed by atoms with Gasteiger partial charge < -0.3 is 15.0 Å². The first kappa shape index (κ1) is 15.3. The number of ether oxygens (including phenoxy) is 1. The number of hydrogen-bond acceptors (Lipinski definition) is 6. The van der Waals surface area contributed by atoms with Crippen molar-refractivity contribution in [3.8, 4) is 0 Å². The average Bonchev–Trinajstić information content (AvgIpc) is 2.46. The fraction of sp³-hybridized carbons (Fsp3) is 0.769. The Labute approximate surface area is 124 Å². The highest BCUT2D eigenvalue weighted by molar-refractivity contribution is 6.28. The van der Waals surface area contributed by atoms with E-state index < -0.39 is 0 Å². The van der Waals surface area contributed by atoms with Gasteiger partial charge in [-0.05, 0) is 36.8 Å². The standard InChI is InChI=1S/C13H22ClN5O/c1-3-6-15-12-16-11(14)17-13(18-12)19-7-4-10(5-8-19)9-20-2/h10H,3-9H2,1-2H3,(H,15,16,17,18). The predicted molar refractivity (Wildman–Crippen MR) is 80.4 cm³/mol. The van der Waals surface area contributed by atoms with Gasteiger partial charge in [-0.1, -0.05) is 6.92 Å².